The van der Waals surface area contributed by atoms with Crippen molar-refractivity contribution in [3.05, 3.63) is 114 Å². The summed E-state index contributed by atoms with van der Waals surface area (Å²) in [4.78, 5) is 40.5. The van der Waals surface area contributed by atoms with Gasteiger partial charge >= 0.3 is 0 Å². The van der Waals surface area contributed by atoms with Crippen molar-refractivity contribution >= 4 is 34.7 Å². The molecule has 0 radical (unpaired) electrons. The highest BCUT2D eigenvalue weighted by molar-refractivity contribution is 6.10. The van der Waals surface area contributed by atoms with Gasteiger partial charge in [0.1, 0.15) is 5.69 Å². The van der Waals surface area contributed by atoms with Gasteiger partial charge in [-0.2, -0.15) is 0 Å². The normalized spacial score (nSPS) is 13.6. The van der Waals surface area contributed by atoms with Gasteiger partial charge in [0, 0.05) is 59.6 Å². The van der Waals surface area contributed by atoms with Gasteiger partial charge in [-0.25, -0.2) is 0 Å². The average molecular weight is 537 g/mol. The molecule has 8 nitrogen and oxygen atoms in total. The molecule has 40 heavy (non-hydrogen) atoms. The first kappa shape index (κ1) is 26.9. The number of amides is 2. The van der Waals surface area contributed by atoms with Crippen molar-refractivity contribution in [3.8, 4) is 0 Å². The summed E-state index contributed by atoms with van der Waals surface area (Å²) in [6.45, 7) is 4.27. The maximum atomic E-state index is 13.0. The largest absolute Gasteiger partial charge is 0.393 e. The molecule has 2 heterocycles. The topological polar surface area (TPSA) is 104 Å². The zero-order valence-electron chi connectivity index (χ0n) is 22.3. The number of nitrogens with zero attached hydrogens (tertiary/aromatic N) is 2. The number of aliphatic hydroxyl groups is 1. The van der Waals surface area contributed by atoms with E-state index >= 15 is 0 Å². The average Bonchev–Trinajstić information content (AvgIpc) is 3.47. The standard InChI is InChI=1S/C32H32N4O4/c1-2-35-19-3-4-29(35)32(40)34-26-13-7-23(8-14-26)30(38)22-5-11-25(12-6-22)33-31(39)24-9-15-27(16-10-24)36-20-17-28(37)18-21-36/h3-16,19,28,37H,2,17-18,20-21H2,1H3,(H,33,39)(H,34,40). The molecule has 204 valence electrons. The number of ketones is 1. The van der Waals surface area contributed by atoms with Crippen LogP contribution in [0.15, 0.2) is 91.1 Å². The van der Waals surface area contributed by atoms with Crippen molar-refractivity contribution in [2.24, 2.45) is 0 Å². The molecule has 2 amide bonds. The Bertz CT molecular complexity index is 1480. The number of carbonyl (C=O) groups is 3. The molecule has 0 spiro atoms. The van der Waals surface area contributed by atoms with Crippen LogP contribution in [0.25, 0.3) is 0 Å². The van der Waals surface area contributed by atoms with E-state index in [-0.39, 0.29) is 23.7 Å². The third-order valence-electron chi connectivity index (χ3n) is 7.17. The maximum Gasteiger partial charge on any atom is 0.272 e. The van der Waals surface area contributed by atoms with Crippen molar-refractivity contribution in [1.29, 1.82) is 0 Å². The summed E-state index contributed by atoms with van der Waals surface area (Å²) in [6.07, 6.45) is 3.12. The van der Waals surface area contributed by atoms with Crippen LogP contribution < -0.4 is 15.5 Å². The highest BCUT2D eigenvalue weighted by Crippen LogP contribution is 2.22. The minimum atomic E-state index is -0.233. The predicted octanol–water partition coefficient (Wildman–Crippen LogP) is 5.20. The number of carbonyl (C=O) groups excluding carboxylic acids is 3. The number of aliphatic hydroxyl groups excluding tert-OH is 1. The molecule has 8 heteroatoms. The van der Waals surface area contributed by atoms with E-state index < -0.39 is 0 Å². The second kappa shape index (κ2) is 12.0. The Balaban J connectivity index is 1.17. The van der Waals surface area contributed by atoms with Crippen LogP contribution in [0.2, 0.25) is 0 Å². The van der Waals surface area contributed by atoms with Gasteiger partial charge in [0.2, 0.25) is 0 Å². The van der Waals surface area contributed by atoms with E-state index in [1.807, 2.05) is 35.9 Å². The van der Waals surface area contributed by atoms with E-state index in [4.69, 9.17) is 0 Å². The molecule has 1 aliphatic heterocycles. The van der Waals surface area contributed by atoms with Crippen molar-refractivity contribution in [2.75, 3.05) is 28.6 Å². The van der Waals surface area contributed by atoms with Crippen molar-refractivity contribution in [2.45, 2.75) is 32.4 Å². The third kappa shape index (κ3) is 6.13. The van der Waals surface area contributed by atoms with Gasteiger partial charge in [0.25, 0.3) is 11.8 Å². The van der Waals surface area contributed by atoms with Crippen LogP contribution in [-0.4, -0.2) is 46.5 Å². The minimum Gasteiger partial charge on any atom is -0.393 e. The second-order valence-corrected chi connectivity index (χ2v) is 9.84. The fourth-order valence-electron chi connectivity index (χ4n) is 4.82. The zero-order valence-corrected chi connectivity index (χ0v) is 22.3. The van der Waals surface area contributed by atoms with Gasteiger partial charge in [0.05, 0.1) is 6.10 Å². The maximum absolute atomic E-state index is 13.0. The number of nitrogens with one attached hydrogen (secondary N) is 2. The van der Waals surface area contributed by atoms with E-state index in [0.717, 1.165) is 31.6 Å². The molecule has 3 N–H and O–H groups in total. The lowest BCUT2D eigenvalue weighted by atomic mass is 10.0. The monoisotopic (exact) mass is 536 g/mol. The van der Waals surface area contributed by atoms with Crippen LogP contribution in [0.5, 0.6) is 0 Å². The van der Waals surface area contributed by atoms with Crippen molar-refractivity contribution < 1.29 is 19.5 Å². The van der Waals surface area contributed by atoms with Crippen LogP contribution in [0.1, 0.15) is 56.5 Å². The first-order valence-corrected chi connectivity index (χ1v) is 13.5. The highest BCUT2D eigenvalue weighted by Gasteiger charge is 2.18. The van der Waals surface area contributed by atoms with E-state index in [1.54, 1.807) is 66.7 Å². The third-order valence-corrected chi connectivity index (χ3v) is 7.17. The molecule has 1 saturated heterocycles. The van der Waals surface area contributed by atoms with E-state index in [9.17, 15) is 19.5 Å². The van der Waals surface area contributed by atoms with Crippen LogP contribution in [0, 0.1) is 0 Å². The number of hydrogen-bond donors (Lipinski definition) is 3. The number of rotatable bonds is 8. The number of benzene rings is 3. The van der Waals surface area contributed by atoms with Crippen LogP contribution in [0.3, 0.4) is 0 Å². The molecule has 0 saturated carbocycles. The first-order valence-electron chi connectivity index (χ1n) is 13.5. The highest BCUT2D eigenvalue weighted by atomic mass is 16.3. The molecule has 0 aliphatic carbocycles. The van der Waals surface area contributed by atoms with Gasteiger partial charge in [0.15, 0.2) is 5.78 Å². The lowest BCUT2D eigenvalue weighted by molar-refractivity contribution is 0.101. The molecular weight excluding hydrogens is 504 g/mol. The molecule has 0 bridgehead atoms. The van der Waals surface area contributed by atoms with Gasteiger partial charge in [-0.05, 0) is 105 Å². The Morgan fingerprint density at radius 3 is 1.82 bits per heavy atom. The smallest absolute Gasteiger partial charge is 0.272 e. The fraction of sp³-hybridized carbons (Fsp3) is 0.219. The Morgan fingerprint density at radius 1 is 0.750 bits per heavy atom. The minimum absolute atomic E-state index is 0.156. The Labute approximate surface area is 233 Å². The first-order chi connectivity index (χ1) is 19.4. The SMILES string of the molecule is CCn1cccc1C(=O)Nc1ccc(C(=O)c2ccc(NC(=O)c3ccc(N4CCC(O)CC4)cc3)cc2)cc1. The summed E-state index contributed by atoms with van der Waals surface area (Å²) in [6, 6.07) is 24.6. The van der Waals surface area contributed by atoms with Crippen LogP contribution >= 0.6 is 0 Å². The summed E-state index contributed by atoms with van der Waals surface area (Å²) in [5.41, 5.74) is 4.33. The van der Waals surface area contributed by atoms with Crippen LogP contribution in [-0.2, 0) is 6.54 Å². The molecule has 5 rings (SSSR count). The molecule has 0 atom stereocenters. The van der Waals surface area contributed by atoms with E-state index in [1.165, 1.54) is 0 Å². The molecule has 3 aromatic carbocycles. The predicted molar refractivity (Wildman–Crippen MR) is 156 cm³/mol. The molecular formula is C32H32N4O4. The quantitative estimate of drug-likeness (QED) is 0.269. The Hall–Kier alpha value is -4.69. The number of aryl methyl sites for hydroxylation is 1. The van der Waals surface area contributed by atoms with E-state index in [0.29, 0.717) is 40.3 Å². The van der Waals surface area contributed by atoms with Crippen LogP contribution in [0.4, 0.5) is 17.1 Å². The summed E-state index contributed by atoms with van der Waals surface area (Å²) in [7, 11) is 0. The second-order valence-electron chi connectivity index (χ2n) is 9.84. The summed E-state index contributed by atoms with van der Waals surface area (Å²) in [5, 5.41) is 15.4. The van der Waals surface area contributed by atoms with Gasteiger partial charge in [-0.3, -0.25) is 14.4 Å². The number of anilines is 3. The lowest BCUT2D eigenvalue weighted by Gasteiger charge is -2.31. The number of piperidine rings is 1. The summed E-state index contributed by atoms with van der Waals surface area (Å²) < 4.78 is 1.86. The van der Waals surface area contributed by atoms with Crippen molar-refractivity contribution in [1.82, 2.24) is 4.57 Å². The number of aromatic nitrogens is 1. The molecule has 1 aliphatic rings. The number of hydrogen-bond acceptors (Lipinski definition) is 5. The fourth-order valence-corrected chi connectivity index (χ4v) is 4.82. The summed E-state index contributed by atoms with van der Waals surface area (Å²) in [5.74, 6) is -0.595. The Morgan fingerprint density at radius 2 is 1.27 bits per heavy atom. The molecule has 1 fully saturated rings. The Kier molecular flexibility index (Phi) is 8.07. The molecule has 4 aromatic rings. The zero-order chi connectivity index (χ0) is 28.1. The molecule has 0 unspecified atom stereocenters. The summed E-state index contributed by atoms with van der Waals surface area (Å²) >= 11 is 0. The van der Waals surface area contributed by atoms with E-state index in [2.05, 4.69) is 15.5 Å². The van der Waals surface area contributed by atoms with Gasteiger partial charge in [-0.1, -0.05) is 0 Å². The van der Waals surface area contributed by atoms with Gasteiger partial charge in [-0.15, -0.1) is 0 Å². The lowest BCUT2D eigenvalue weighted by Crippen LogP contribution is -2.35. The molecule has 1 aromatic heterocycles. The van der Waals surface area contributed by atoms with Crippen molar-refractivity contribution in [3.63, 3.8) is 0 Å². The van der Waals surface area contributed by atoms with Gasteiger partial charge < -0.3 is 25.2 Å².